The van der Waals surface area contributed by atoms with Gasteiger partial charge in [0.1, 0.15) is 5.60 Å². The SMILES string of the molecule is CC(C)(C)OC(=O)C[C@H](O)c1ccc(-c2ccccc2)cc1. The summed E-state index contributed by atoms with van der Waals surface area (Å²) in [6, 6.07) is 17.6. The Morgan fingerprint density at radius 2 is 1.55 bits per heavy atom. The Morgan fingerprint density at radius 3 is 2.09 bits per heavy atom. The predicted molar refractivity (Wildman–Crippen MR) is 87.3 cm³/mol. The summed E-state index contributed by atoms with van der Waals surface area (Å²) in [7, 11) is 0. The molecule has 1 atom stereocenters. The van der Waals surface area contributed by atoms with Crippen molar-refractivity contribution in [1.82, 2.24) is 0 Å². The first-order chi connectivity index (χ1) is 10.3. The number of benzene rings is 2. The molecule has 0 aliphatic carbocycles. The molecule has 0 heterocycles. The molecule has 2 rings (SSSR count). The van der Waals surface area contributed by atoms with Crippen LogP contribution in [0.1, 0.15) is 38.9 Å². The van der Waals surface area contributed by atoms with Gasteiger partial charge in [-0.2, -0.15) is 0 Å². The van der Waals surface area contributed by atoms with Crippen molar-refractivity contribution in [1.29, 1.82) is 0 Å². The van der Waals surface area contributed by atoms with Crippen molar-refractivity contribution < 1.29 is 14.6 Å². The van der Waals surface area contributed by atoms with Gasteiger partial charge in [0.25, 0.3) is 0 Å². The smallest absolute Gasteiger partial charge is 0.309 e. The number of hydrogen-bond acceptors (Lipinski definition) is 3. The van der Waals surface area contributed by atoms with Gasteiger partial charge in [0, 0.05) is 0 Å². The van der Waals surface area contributed by atoms with Gasteiger partial charge in [0.2, 0.25) is 0 Å². The molecule has 0 unspecified atom stereocenters. The van der Waals surface area contributed by atoms with E-state index in [1.54, 1.807) is 0 Å². The molecule has 0 bridgehead atoms. The van der Waals surface area contributed by atoms with E-state index in [1.165, 1.54) is 0 Å². The van der Waals surface area contributed by atoms with Gasteiger partial charge in [-0.25, -0.2) is 0 Å². The minimum Gasteiger partial charge on any atom is -0.460 e. The lowest BCUT2D eigenvalue weighted by Crippen LogP contribution is -2.24. The predicted octanol–water partition coefficient (Wildman–Crippen LogP) is 4.12. The molecule has 116 valence electrons. The van der Waals surface area contributed by atoms with Crippen LogP contribution in [0.3, 0.4) is 0 Å². The van der Waals surface area contributed by atoms with Crippen molar-refractivity contribution in [2.45, 2.75) is 38.9 Å². The standard InChI is InChI=1S/C19H22O3/c1-19(2,3)22-18(21)13-17(20)16-11-9-15(10-12-16)14-7-5-4-6-8-14/h4-12,17,20H,13H2,1-3H3/t17-/m0/s1. The first-order valence-electron chi connectivity index (χ1n) is 7.40. The van der Waals surface area contributed by atoms with Crippen LogP contribution in [0.4, 0.5) is 0 Å². The lowest BCUT2D eigenvalue weighted by molar-refractivity contribution is -0.157. The lowest BCUT2D eigenvalue weighted by Gasteiger charge is -2.20. The molecule has 0 saturated carbocycles. The molecule has 0 aromatic heterocycles. The maximum atomic E-state index is 11.7. The Balaban J connectivity index is 2.02. The second-order valence-corrected chi connectivity index (χ2v) is 6.29. The average Bonchev–Trinajstić information content (AvgIpc) is 2.46. The maximum absolute atomic E-state index is 11.7. The quantitative estimate of drug-likeness (QED) is 0.864. The number of aliphatic hydroxyl groups is 1. The Morgan fingerprint density at radius 1 is 1.00 bits per heavy atom. The summed E-state index contributed by atoms with van der Waals surface area (Å²) in [6.07, 6.45) is -0.887. The van der Waals surface area contributed by atoms with Crippen molar-refractivity contribution in [2.75, 3.05) is 0 Å². The van der Waals surface area contributed by atoms with Crippen LogP contribution in [0.5, 0.6) is 0 Å². The van der Waals surface area contributed by atoms with E-state index in [2.05, 4.69) is 0 Å². The molecule has 3 heteroatoms. The summed E-state index contributed by atoms with van der Waals surface area (Å²) in [6.45, 7) is 5.43. The van der Waals surface area contributed by atoms with Gasteiger partial charge < -0.3 is 9.84 Å². The molecule has 1 N–H and O–H groups in total. The van der Waals surface area contributed by atoms with E-state index in [9.17, 15) is 9.90 Å². The minimum absolute atomic E-state index is 0.0397. The van der Waals surface area contributed by atoms with E-state index in [-0.39, 0.29) is 6.42 Å². The van der Waals surface area contributed by atoms with Crippen LogP contribution in [0.2, 0.25) is 0 Å². The van der Waals surface area contributed by atoms with E-state index >= 15 is 0 Å². The molecule has 0 spiro atoms. The number of ether oxygens (including phenoxy) is 1. The summed E-state index contributed by atoms with van der Waals surface area (Å²) in [5, 5.41) is 10.1. The highest BCUT2D eigenvalue weighted by Crippen LogP contribution is 2.24. The Bertz CT molecular complexity index is 609. The molecular weight excluding hydrogens is 276 g/mol. The second-order valence-electron chi connectivity index (χ2n) is 6.29. The number of aliphatic hydroxyl groups excluding tert-OH is 1. The van der Waals surface area contributed by atoms with Gasteiger partial charge in [-0.1, -0.05) is 54.6 Å². The van der Waals surface area contributed by atoms with Gasteiger partial charge in [-0.05, 0) is 37.5 Å². The Kier molecular flexibility index (Phi) is 4.99. The highest BCUT2D eigenvalue weighted by molar-refractivity contribution is 5.71. The van der Waals surface area contributed by atoms with Gasteiger partial charge in [-0.15, -0.1) is 0 Å². The highest BCUT2D eigenvalue weighted by Gasteiger charge is 2.20. The van der Waals surface area contributed by atoms with Crippen LogP contribution in [0.25, 0.3) is 11.1 Å². The number of esters is 1. The molecular formula is C19H22O3. The van der Waals surface area contributed by atoms with Gasteiger partial charge in [0.15, 0.2) is 0 Å². The van der Waals surface area contributed by atoms with Gasteiger partial charge >= 0.3 is 5.97 Å². The normalized spacial score (nSPS) is 12.7. The molecule has 0 fully saturated rings. The fourth-order valence-corrected chi connectivity index (χ4v) is 2.19. The minimum atomic E-state index is -0.848. The first kappa shape index (κ1) is 16.2. The Labute approximate surface area is 131 Å². The van der Waals surface area contributed by atoms with E-state index in [1.807, 2.05) is 75.4 Å². The maximum Gasteiger partial charge on any atom is 0.309 e. The van der Waals surface area contributed by atoms with Gasteiger partial charge in [0.05, 0.1) is 12.5 Å². The summed E-state index contributed by atoms with van der Waals surface area (Å²) >= 11 is 0. The van der Waals surface area contributed by atoms with Crippen LogP contribution >= 0.6 is 0 Å². The molecule has 0 aliphatic rings. The number of hydrogen-bond donors (Lipinski definition) is 1. The summed E-state index contributed by atoms with van der Waals surface area (Å²) in [5.41, 5.74) is 2.38. The fourth-order valence-electron chi connectivity index (χ4n) is 2.19. The number of carbonyl (C=O) groups is 1. The third kappa shape index (κ3) is 4.71. The van der Waals surface area contributed by atoms with Crippen molar-refractivity contribution in [2.24, 2.45) is 0 Å². The molecule has 2 aromatic rings. The van der Waals surface area contributed by atoms with E-state index < -0.39 is 17.7 Å². The monoisotopic (exact) mass is 298 g/mol. The van der Waals surface area contributed by atoms with Crippen LogP contribution in [0, 0.1) is 0 Å². The summed E-state index contributed by atoms with van der Waals surface area (Å²) in [4.78, 5) is 11.7. The van der Waals surface area contributed by atoms with Crippen LogP contribution in [-0.2, 0) is 9.53 Å². The topological polar surface area (TPSA) is 46.5 Å². The first-order valence-corrected chi connectivity index (χ1v) is 7.40. The molecule has 3 nitrogen and oxygen atoms in total. The second kappa shape index (κ2) is 6.75. The molecule has 0 radical (unpaired) electrons. The summed E-state index contributed by atoms with van der Waals surface area (Å²) in [5.74, 6) is -0.396. The third-order valence-corrected chi connectivity index (χ3v) is 3.18. The zero-order valence-corrected chi connectivity index (χ0v) is 13.2. The van der Waals surface area contributed by atoms with Crippen molar-refractivity contribution >= 4 is 5.97 Å². The number of carbonyl (C=O) groups excluding carboxylic acids is 1. The highest BCUT2D eigenvalue weighted by atomic mass is 16.6. The van der Waals surface area contributed by atoms with E-state index in [0.29, 0.717) is 5.56 Å². The Hall–Kier alpha value is -2.13. The van der Waals surface area contributed by atoms with Crippen LogP contribution in [0.15, 0.2) is 54.6 Å². The van der Waals surface area contributed by atoms with E-state index in [0.717, 1.165) is 11.1 Å². The van der Waals surface area contributed by atoms with Crippen molar-refractivity contribution in [3.63, 3.8) is 0 Å². The molecule has 22 heavy (non-hydrogen) atoms. The van der Waals surface area contributed by atoms with Crippen molar-refractivity contribution in [3.8, 4) is 11.1 Å². The lowest BCUT2D eigenvalue weighted by atomic mass is 10.0. The van der Waals surface area contributed by atoms with Crippen LogP contribution in [-0.4, -0.2) is 16.7 Å². The van der Waals surface area contributed by atoms with Crippen molar-refractivity contribution in [3.05, 3.63) is 60.2 Å². The number of rotatable bonds is 4. The third-order valence-electron chi connectivity index (χ3n) is 3.18. The molecule has 0 amide bonds. The molecule has 2 aromatic carbocycles. The van der Waals surface area contributed by atoms with Crippen LogP contribution < -0.4 is 0 Å². The molecule has 0 saturated heterocycles. The largest absolute Gasteiger partial charge is 0.460 e. The van der Waals surface area contributed by atoms with E-state index in [4.69, 9.17) is 4.74 Å². The average molecular weight is 298 g/mol. The van der Waals surface area contributed by atoms with Gasteiger partial charge in [-0.3, -0.25) is 4.79 Å². The zero-order valence-electron chi connectivity index (χ0n) is 13.2. The molecule has 0 aliphatic heterocycles. The zero-order chi connectivity index (χ0) is 16.2. The fraction of sp³-hybridized carbons (Fsp3) is 0.316. The summed E-state index contributed by atoms with van der Waals surface area (Å²) < 4.78 is 5.22.